The lowest BCUT2D eigenvalue weighted by molar-refractivity contribution is -0.147. The molecule has 5 nitrogen and oxygen atoms in total. The van der Waals surface area contributed by atoms with Crippen LogP contribution in [-0.4, -0.2) is 48.2 Å². The molecular formula is C14H23NO4. The molecule has 0 saturated carbocycles. The molecular weight excluding hydrogens is 246 g/mol. The first-order valence-electron chi connectivity index (χ1n) is 7.19. The molecule has 0 aromatic carbocycles. The number of rotatable bonds is 3. The van der Waals surface area contributed by atoms with Gasteiger partial charge in [-0.05, 0) is 31.6 Å². The third-order valence-electron chi connectivity index (χ3n) is 4.52. The second-order valence-electron chi connectivity index (χ2n) is 5.68. The molecule has 1 atom stereocenters. The van der Waals surface area contributed by atoms with Gasteiger partial charge in [-0.15, -0.1) is 0 Å². The van der Waals surface area contributed by atoms with Gasteiger partial charge in [0.2, 0.25) is 5.91 Å². The van der Waals surface area contributed by atoms with Crippen molar-refractivity contribution in [3.05, 3.63) is 0 Å². The molecule has 2 saturated heterocycles. The van der Waals surface area contributed by atoms with Gasteiger partial charge in [-0.3, -0.25) is 9.59 Å². The van der Waals surface area contributed by atoms with E-state index in [9.17, 15) is 9.59 Å². The van der Waals surface area contributed by atoms with Gasteiger partial charge in [0.1, 0.15) is 0 Å². The Hall–Kier alpha value is -1.10. The third kappa shape index (κ3) is 3.47. The van der Waals surface area contributed by atoms with Gasteiger partial charge in [0, 0.05) is 32.2 Å². The molecule has 2 aliphatic heterocycles. The number of aliphatic carboxylic acids is 1. The van der Waals surface area contributed by atoms with Gasteiger partial charge < -0.3 is 14.7 Å². The van der Waals surface area contributed by atoms with Gasteiger partial charge in [0.15, 0.2) is 0 Å². The normalized spacial score (nSPS) is 24.2. The maximum absolute atomic E-state index is 12.4. The number of piperidine rings is 1. The zero-order valence-electron chi connectivity index (χ0n) is 11.5. The molecule has 1 amide bonds. The van der Waals surface area contributed by atoms with Crippen LogP contribution in [0.4, 0.5) is 0 Å². The molecule has 1 N–H and O–H groups in total. The highest BCUT2D eigenvalue weighted by atomic mass is 16.5. The minimum Gasteiger partial charge on any atom is -0.481 e. The first-order valence-corrected chi connectivity index (χ1v) is 7.19. The van der Waals surface area contributed by atoms with E-state index < -0.39 is 5.97 Å². The second kappa shape index (κ2) is 6.37. The molecule has 2 rings (SSSR count). The summed E-state index contributed by atoms with van der Waals surface area (Å²) in [5, 5.41) is 8.96. The fraction of sp³-hybridized carbons (Fsp3) is 0.857. The van der Waals surface area contributed by atoms with Crippen LogP contribution in [0, 0.1) is 17.8 Å². The number of hydrogen-bond donors (Lipinski definition) is 1. The van der Waals surface area contributed by atoms with E-state index in [0.29, 0.717) is 31.8 Å². The Balaban J connectivity index is 1.84. The SMILES string of the molecule is CC(C(=O)N1CCC(C(=O)O)CC1)C1CCOCC1. The van der Waals surface area contributed by atoms with Gasteiger partial charge in [-0.1, -0.05) is 6.92 Å². The van der Waals surface area contributed by atoms with Gasteiger partial charge in [-0.2, -0.15) is 0 Å². The van der Waals surface area contributed by atoms with E-state index in [4.69, 9.17) is 9.84 Å². The number of likely N-dealkylation sites (tertiary alicyclic amines) is 1. The van der Waals surface area contributed by atoms with Crippen molar-refractivity contribution in [1.29, 1.82) is 0 Å². The topological polar surface area (TPSA) is 66.8 Å². The number of amides is 1. The Morgan fingerprint density at radius 3 is 2.26 bits per heavy atom. The van der Waals surface area contributed by atoms with Crippen molar-refractivity contribution in [2.75, 3.05) is 26.3 Å². The Morgan fingerprint density at radius 2 is 1.74 bits per heavy atom. The molecule has 2 fully saturated rings. The average Bonchev–Trinajstić information content (AvgIpc) is 2.46. The Bertz CT molecular complexity index is 330. The highest BCUT2D eigenvalue weighted by molar-refractivity contribution is 5.79. The number of carbonyl (C=O) groups is 2. The Labute approximate surface area is 113 Å². The zero-order valence-corrected chi connectivity index (χ0v) is 11.5. The summed E-state index contributed by atoms with van der Waals surface area (Å²) >= 11 is 0. The van der Waals surface area contributed by atoms with Crippen molar-refractivity contribution in [2.24, 2.45) is 17.8 Å². The van der Waals surface area contributed by atoms with E-state index in [1.165, 1.54) is 0 Å². The minimum absolute atomic E-state index is 0.0327. The highest BCUT2D eigenvalue weighted by Crippen LogP contribution is 2.27. The molecule has 0 aromatic heterocycles. The molecule has 0 spiro atoms. The average molecular weight is 269 g/mol. The fourth-order valence-electron chi connectivity index (χ4n) is 3.05. The van der Waals surface area contributed by atoms with Crippen LogP contribution in [0.3, 0.4) is 0 Å². The number of nitrogens with zero attached hydrogens (tertiary/aromatic N) is 1. The Kier molecular flexibility index (Phi) is 4.80. The van der Waals surface area contributed by atoms with Crippen LogP contribution in [-0.2, 0) is 14.3 Å². The van der Waals surface area contributed by atoms with E-state index in [-0.39, 0.29) is 17.7 Å². The lowest BCUT2D eigenvalue weighted by Crippen LogP contribution is -2.44. The summed E-state index contributed by atoms with van der Waals surface area (Å²) in [6.45, 7) is 4.68. The van der Waals surface area contributed by atoms with Crippen LogP contribution in [0.15, 0.2) is 0 Å². The quantitative estimate of drug-likeness (QED) is 0.840. The molecule has 108 valence electrons. The van der Waals surface area contributed by atoms with Gasteiger partial charge in [0.25, 0.3) is 0 Å². The second-order valence-corrected chi connectivity index (χ2v) is 5.68. The Morgan fingerprint density at radius 1 is 1.16 bits per heavy atom. The van der Waals surface area contributed by atoms with Crippen LogP contribution in [0.25, 0.3) is 0 Å². The maximum Gasteiger partial charge on any atom is 0.306 e. The van der Waals surface area contributed by atoms with Crippen LogP contribution in [0.2, 0.25) is 0 Å². The number of carbonyl (C=O) groups excluding carboxylic acids is 1. The standard InChI is InChI=1S/C14H23NO4/c1-10(11-4-8-19-9-5-11)13(16)15-6-2-12(3-7-15)14(17)18/h10-12H,2-9H2,1H3,(H,17,18). The number of ether oxygens (including phenoxy) is 1. The molecule has 2 aliphatic rings. The van der Waals surface area contributed by atoms with Crippen molar-refractivity contribution in [1.82, 2.24) is 4.90 Å². The highest BCUT2D eigenvalue weighted by Gasteiger charge is 2.32. The minimum atomic E-state index is -0.732. The molecule has 1 unspecified atom stereocenters. The molecule has 0 aliphatic carbocycles. The molecule has 0 radical (unpaired) electrons. The largest absolute Gasteiger partial charge is 0.481 e. The summed E-state index contributed by atoms with van der Waals surface area (Å²) in [6.07, 6.45) is 3.08. The van der Waals surface area contributed by atoms with Gasteiger partial charge >= 0.3 is 5.97 Å². The summed E-state index contributed by atoms with van der Waals surface area (Å²) in [7, 11) is 0. The smallest absolute Gasteiger partial charge is 0.306 e. The maximum atomic E-state index is 12.4. The number of hydrogen-bond acceptors (Lipinski definition) is 3. The third-order valence-corrected chi connectivity index (χ3v) is 4.52. The zero-order chi connectivity index (χ0) is 13.8. The van der Waals surface area contributed by atoms with Gasteiger partial charge in [-0.25, -0.2) is 0 Å². The lowest BCUT2D eigenvalue weighted by atomic mass is 9.85. The number of carboxylic acid groups (broad SMARTS) is 1. The van der Waals surface area contributed by atoms with E-state index >= 15 is 0 Å². The van der Waals surface area contributed by atoms with Crippen LogP contribution < -0.4 is 0 Å². The molecule has 0 bridgehead atoms. The van der Waals surface area contributed by atoms with Crippen molar-refractivity contribution >= 4 is 11.9 Å². The van der Waals surface area contributed by atoms with Gasteiger partial charge in [0.05, 0.1) is 5.92 Å². The van der Waals surface area contributed by atoms with E-state index in [1.807, 2.05) is 11.8 Å². The summed E-state index contributed by atoms with van der Waals surface area (Å²) in [4.78, 5) is 25.2. The first-order chi connectivity index (χ1) is 9.09. The fourth-order valence-corrected chi connectivity index (χ4v) is 3.05. The van der Waals surface area contributed by atoms with Crippen molar-refractivity contribution < 1.29 is 19.4 Å². The molecule has 19 heavy (non-hydrogen) atoms. The first kappa shape index (κ1) is 14.3. The monoisotopic (exact) mass is 269 g/mol. The van der Waals surface area contributed by atoms with Crippen LogP contribution >= 0.6 is 0 Å². The van der Waals surface area contributed by atoms with Crippen LogP contribution in [0.5, 0.6) is 0 Å². The predicted molar refractivity (Wildman–Crippen MR) is 69.6 cm³/mol. The van der Waals surface area contributed by atoms with E-state index in [1.54, 1.807) is 0 Å². The molecule has 0 aromatic rings. The molecule has 2 heterocycles. The van der Waals surface area contributed by atoms with Crippen molar-refractivity contribution in [3.63, 3.8) is 0 Å². The van der Waals surface area contributed by atoms with Crippen LogP contribution in [0.1, 0.15) is 32.6 Å². The summed E-state index contributed by atoms with van der Waals surface area (Å²) in [5.74, 6) is -0.369. The molecule has 5 heteroatoms. The predicted octanol–water partition coefficient (Wildman–Crippen LogP) is 1.37. The van der Waals surface area contributed by atoms with E-state index in [2.05, 4.69) is 0 Å². The van der Waals surface area contributed by atoms with E-state index in [0.717, 1.165) is 26.1 Å². The van der Waals surface area contributed by atoms with Crippen molar-refractivity contribution in [2.45, 2.75) is 32.6 Å². The summed E-state index contributed by atoms with van der Waals surface area (Å²) in [6, 6.07) is 0. The van der Waals surface area contributed by atoms with Crippen molar-refractivity contribution in [3.8, 4) is 0 Å². The lowest BCUT2D eigenvalue weighted by Gasteiger charge is -2.35. The summed E-state index contributed by atoms with van der Waals surface area (Å²) in [5.41, 5.74) is 0. The summed E-state index contributed by atoms with van der Waals surface area (Å²) < 4.78 is 5.33. The number of carboxylic acids is 1.